The van der Waals surface area contributed by atoms with Gasteiger partial charge in [-0.05, 0) is 60.2 Å². The molecule has 3 rings (SSSR count). The van der Waals surface area contributed by atoms with Crippen molar-refractivity contribution in [2.75, 3.05) is 12.4 Å². The number of anilines is 1. The third-order valence-corrected chi connectivity index (χ3v) is 5.61. The second kappa shape index (κ2) is 11.9. The summed E-state index contributed by atoms with van der Waals surface area (Å²) in [4.78, 5) is 24.0. The summed E-state index contributed by atoms with van der Waals surface area (Å²) in [5, 5.41) is 7.68. The fourth-order valence-electron chi connectivity index (χ4n) is 2.72. The quantitative estimate of drug-likeness (QED) is 0.219. The van der Waals surface area contributed by atoms with Crippen LogP contribution in [-0.4, -0.2) is 25.1 Å². The van der Waals surface area contributed by atoms with Crippen molar-refractivity contribution in [3.63, 3.8) is 0 Å². The number of rotatable bonds is 7. The van der Waals surface area contributed by atoms with Gasteiger partial charge in [-0.1, -0.05) is 46.4 Å². The summed E-state index contributed by atoms with van der Waals surface area (Å²) < 4.78 is 11.1. The van der Waals surface area contributed by atoms with Crippen LogP contribution < -0.4 is 20.2 Å². The molecule has 0 unspecified atom stereocenters. The highest BCUT2D eigenvalue weighted by Gasteiger charge is 2.14. The number of ether oxygens (including phenoxy) is 2. The minimum absolute atomic E-state index is 0.157. The number of nitrogens with one attached hydrogen (secondary N) is 2. The first-order valence-corrected chi connectivity index (χ1v) is 11.1. The number of hydrazone groups is 1. The van der Waals surface area contributed by atoms with Gasteiger partial charge in [-0.25, -0.2) is 5.43 Å². The molecule has 0 aliphatic heterocycles. The zero-order valence-electron chi connectivity index (χ0n) is 17.6. The molecule has 0 aliphatic carbocycles. The number of hydrogen-bond acceptors (Lipinski definition) is 5. The van der Waals surface area contributed by atoms with Crippen molar-refractivity contribution in [2.45, 2.75) is 6.61 Å². The van der Waals surface area contributed by atoms with Crippen molar-refractivity contribution < 1.29 is 19.1 Å². The topological polar surface area (TPSA) is 89.0 Å². The fourth-order valence-corrected chi connectivity index (χ4v) is 3.48. The molecule has 3 aromatic carbocycles. The van der Waals surface area contributed by atoms with E-state index in [1.807, 2.05) is 0 Å². The Morgan fingerprint density at radius 3 is 2.35 bits per heavy atom. The lowest BCUT2D eigenvalue weighted by Crippen LogP contribution is -2.32. The van der Waals surface area contributed by atoms with Crippen LogP contribution in [0.25, 0.3) is 0 Å². The van der Waals surface area contributed by atoms with Crippen LogP contribution in [0.3, 0.4) is 0 Å². The number of carbonyl (C=O) groups excluding carboxylic acids is 2. The Hall–Kier alpha value is -2.97. The summed E-state index contributed by atoms with van der Waals surface area (Å²) in [6, 6.07) is 14.6. The van der Waals surface area contributed by atoms with E-state index in [2.05, 4.69) is 15.8 Å². The summed E-state index contributed by atoms with van der Waals surface area (Å²) in [7, 11) is 1.54. The molecular formula is C23H17Cl4N3O4. The molecule has 0 heterocycles. The number of halogens is 4. The van der Waals surface area contributed by atoms with Crippen molar-refractivity contribution in [1.82, 2.24) is 5.43 Å². The van der Waals surface area contributed by atoms with Crippen molar-refractivity contribution in [2.24, 2.45) is 5.10 Å². The van der Waals surface area contributed by atoms with Crippen LogP contribution in [-0.2, 0) is 16.2 Å². The van der Waals surface area contributed by atoms with E-state index in [0.29, 0.717) is 43.4 Å². The molecule has 0 radical (unpaired) electrons. The maximum absolute atomic E-state index is 12.0. The minimum Gasteiger partial charge on any atom is -0.496 e. The van der Waals surface area contributed by atoms with Crippen molar-refractivity contribution in [3.8, 4) is 11.5 Å². The standard InChI is InChI=1S/C23H17Cl4N3O4/c1-33-20-6-2-13(8-14(20)12-34-21-7-3-15(24)9-19(21)27)11-28-30-23(32)22(31)29-16-4-5-17(25)18(26)10-16/h2-11H,12H2,1H3,(H,29,31)(H,30,32). The van der Waals surface area contributed by atoms with E-state index < -0.39 is 11.8 Å². The van der Waals surface area contributed by atoms with Gasteiger partial charge in [0.05, 0.1) is 28.4 Å². The summed E-state index contributed by atoms with van der Waals surface area (Å²) in [5.41, 5.74) is 3.82. The second-order valence-electron chi connectivity index (χ2n) is 6.72. The Bertz CT molecular complexity index is 1250. The smallest absolute Gasteiger partial charge is 0.329 e. The molecular weight excluding hydrogens is 524 g/mol. The molecule has 0 atom stereocenters. The Morgan fingerprint density at radius 1 is 0.882 bits per heavy atom. The van der Waals surface area contributed by atoms with Crippen molar-refractivity contribution >= 4 is 70.1 Å². The molecule has 2 N–H and O–H groups in total. The van der Waals surface area contributed by atoms with Gasteiger partial charge < -0.3 is 14.8 Å². The molecule has 0 aromatic heterocycles. The van der Waals surface area contributed by atoms with E-state index >= 15 is 0 Å². The SMILES string of the molecule is COc1ccc(C=NNC(=O)C(=O)Nc2ccc(Cl)c(Cl)c2)cc1COc1ccc(Cl)cc1Cl. The van der Waals surface area contributed by atoms with Crippen LogP contribution in [0.1, 0.15) is 11.1 Å². The molecule has 2 amide bonds. The van der Waals surface area contributed by atoms with E-state index in [1.54, 1.807) is 36.4 Å². The molecule has 0 saturated heterocycles. The zero-order valence-corrected chi connectivity index (χ0v) is 20.6. The van der Waals surface area contributed by atoms with Crippen molar-refractivity contribution in [3.05, 3.63) is 85.8 Å². The second-order valence-corrected chi connectivity index (χ2v) is 8.37. The van der Waals surface area contributed by atoms with E-state index in [0.717, 1.165) is 0 Å². The highest BCUT2D eigenvalue weighted by molar-refractivity contribution is 6.43. The molecule has 0 spiro atoms. The molecule has 0 bridgehead atoms. The van der Waals surface area contributed by atoms with Gasteiger partial charge in [0.15, 0.2) is 0 Å². The molecule has 0 saturated carbocycles. The first kappa shape index (κ1) is 25.6. The van der Waals surface area contributed by atoms with Crippen LogP contribution in [0.2, 0.25) is 20.1 Å². The van der Waals surface area contributed by atoms with Crippen LogP contribution in [0.15, 0.2) is 59.7 Å². The molecule has 3 aromatic rings. The third-order valence-electron chi connectivity index (χ3n) is 4.34. The summed E-state index contributed by atoms with van der Waals surface area (Å²) in [5.74, 6) is -0.823. The maximum atomic E-state index is 12.0. The van der Waals surface area contributed by atoms with Gasteiger partial charge in [-0.15, -0.1) is 0 Å². The van der Waals surface area contributed by atoms with E-state index in [9.17, 15) is 9.59 Å². The predicted molar refractivity (Wildman–Crippen MR) is 135 cm³/mol. The number of hydrogen-bond donors (Lipinski definition) is 2. The third kappa shape index (κ3) is 7.01. The highest BCUT2D eigenvalue weighted by Crippen LogP contribution is 2.29. The monoisotopic (exact) mass is 539 g/mol. The van der Waals surface area contributed by atoms with E-state index in [1.165, 1.54) is 31.5 Å². The first-order chi connectivity index (χ1) is 16.3. The Labute approximate surface area is 215 Å². The van der Waals surface area contributed by atoms with Crippen LogP contribution in [0, 0.1) is 0 Å². The van der Waals surface area contributed by atoms with Crippen LogP contribution in [0.4, 0.5) is 5.69 Å². The van der Waals surface area contributed by atoms with Crippen LogP contribution in [0.5, 0.6) is 11.5 Å². The highest BCUT2D eigenvalue weighted by atomic mass is 35.5. The molecule has 7 nitrogen and oxygen atoms in total. The fraction of sp³-hybridized carbons (Fsp3) is 0.0870. The van der Waals surface area contributed by atoms with Gasteiger partial charge in [0.2, 0.25) is 0 Å². The van der Waals surface area contributed by atoms with Gasteiger partial charge in [0, 0.05) is 16.3 Å². The molecule has 0 aliphatic rings. The van der Waals surface area contributed by atoms with Gasteiger partial charge >= 0.3 is 11.8 Å². The minimum atomic E-state index is -0.961. The van der Waals surface area contributed by atoms with Gasteiger partial charge in [0.1, 0.15) is 18.1 Å². The number of benzene rings is 3. The van der Waals surface area contributed by atoms with Gasteiger partial charge in [0.25, 0.3) is 0 Å². The van der Waals surface area contributed by atoms with Crippen LogP contribution >= 0.6 is 46.4 Å². The normalized spacial score (nSPS) is 10.7. The lowest BCUT2D eigenvalue weighted by Gasteiger charge is -2.12. The Kier molecular flexibility index (Phi) is 9.01. The van der Waals surface area contributed by atoms with Gasteiger partial charge in [-0.2, -0.15) is 5.10 Å². The Balaban J connectivity index is 1.61. The summed E-state index contributed by atoms with van der Waals surface area (Å²) in [6.45, 7) is 0.157. The zero-order chi connectivity index (χ0) is 24.7. The van der Waals surface area contributed by atoms with Gasteiger partial charge in [-0.3, -0.25) is 9.59 Å². The summed E-state index contributed by atoms with van der Waals surface area (Å²) >= 11 is 23.8. The average molecular weight is 541 g/mol. The molecule has 176 valence electrons. The molecule has 34 heavy (non-hydrogen) atoms. The largest absolute Gasteiger partial charge is 0.496 e. The lowest BCUT2D eigenvalue weighted by atomic mass is 10.1. The predicted octanol–water partition coefficient (Wildman–Crippen LogP) is 5.98. The number of amides is 2. The number of nitrogens with zero attached hydrogens (tertiary/aromatic N) is 1. The van der Waals surface area contributed by atoms with E-state index in [4.69, 9.17) is 55.9 Å². The lowest BCUT2D eigenvalue weighted by molar-refractivity contribution is -0.136. The average Bonchev–Trinajstić information content (AvgIpc) is 2.81. The first-order valence-electron chi connectivity index (χ1n) is 9.61. The van der Waals surface area contributed by atoms with Crippen molar-refractivity contribution in [1.29, 1.82) is 0 Å². The Morgan fingerprint density at radius 2 is 1.65 bits per heavy atom. The molecule has 11 heteroatoms. The number of carbonyl (C=O) groups is 2. The number of methoxy groups -OCH3 is 1. The maximum Gasteiger partial charge on any atom is 0.329 e. The summed E-state index contributed by atoms with van der Waals surface area (Å²) in [6.07, 6.45) is 1.38. The van der Waals surface area contributed by atoms with E-state index in [-0.39, 0.29) is 11.6 Å². The molecule has 0 fully saturated rings.